The van der Waals surface area contributed by atoms with Crippen LogP contribution in [0.15, 0.2) is 23.4 Å². The molecule has 0 atom stereocenters. The molecule has 1 N–H and O–H groups in total. The van der Waals surface area contributed by atoms with Crippen molar-refractivity contribution < 1.29 is 8.42 Å². The van der Waals surface area contributed by atoms with Crippen LogP contribution < -0.4 is 5.32 Å². The number of anilines is 1. The van der Waals surface area contributed by atoms with E-state index in [-0.39, 0.29) is 5.03 Å². The zero-order valence-corrected chi connectivity index (χ0v) is 8.50. The van der Waals surface area contributed by atoms with Crippen LogP contribution in [0.25, 0.3) is 0 Å². The van der Waals surface area contributed by atoms with Gasteiger partial charge in [0.05, 0.1) is 18.4 Å². The van der Waals surface area contributed by atoms with Gasteiger partial charge in [0.15, 0.2) is 14.9 Å². The fourth-order valence-corrected chi connectivity index (χ4v) is 1.42. The summed E-state index contributed by atoms with van der Waals surface area (Å²) in [6.45, 7) is 0.389. The maximum absolute atomic E-state index is 11.0. The highest BCUT2D eigenvalue weighted by Gasteiger charge is 2.07. The second kappa shape index (κ2) is 4.11. The Morgan fingerprint density at radius 2 is 2.29 bits per heavy atom. The number of pyridine rings is 1. The first-order chi connectivity index (χ1) is 6.54. The normalized spacial score (nSPS) is 10.6. The van der Waals surface area contributed by atoms with E-state index in [0.29, 0.717) is 12.2 Å². The minimum absolute atomic E-state index is 0.0590. The van der Waals surface area contributed by atoms with E-state index in [1.807, 2.05) is 0 Å². The molecular formula is C9H10N2O2S. The van der Waals surface area contributed by atoms with E-state index in [1.54, 1.807) is 6.07 Å². The van der Waals surface area contributed by atoms with Gasteiger partial charge in [0.1, 0.15) is 0 Å². The molecule has 0 radical (unpaired) electrons. The van der Waals surface area contributed by atoms with Gasteiger partial charge in [0.2, 0.25) is 0 Å². The highest BCUT2D eigenvalue weighted by Crippen LogP contribution is 2.09. The smallest absolute Gasteiger partial charge is 0.192 e. The summed E-state index contributed by atoms with van der Waals surface area (Å²) in [7, 11) is -3.22. The molecule has 0 spiro atoms. The molecule has 0 aromatic carbocycles. The van der Waals surface area contributed by atoms with Crippen molar-refractivity contribution in [3.05, 3.63) is 18.3 Å². The predicted octanol–water partition coefficient (Wildman–Crippen LogP) is 0.530. The van der Waals surface area contributed by atoms with Gasteiger partial charge in [-0.1, -0.05) is 5.92 Å². The molecule has 74 valence electrons. The maximum Gasteiger partial charge on any atom is 0.192 e. The third-order valence-corrected chi connectivity index (χ3v) is 2.51. The molecule has 4 nitrogen and oxygen atoms in total. The first kappa shape index (κ1) is 10.5. The topological polar surface area (TPSA) is 59.1 Å². The van der Waals surface area contributed by atoms with E-state index in [1.165, 1.54) is 12.3 Å². The van der Waals surface area contributed by atoms with E-state index >= 15 is 0 Å². The van der Waals surface area contributed by atoms with Crippen LogP contribution in [-0.2, 0) is 9.84 Å². The summed E-state index contributed by atoms with van der Waals surface area (Å²) in [4.78, 5) is 3.78. The summed E-state index contributed by atoms with van der Waals surface area (Å²) < 4.78 is 22.1. The van der Waals surface area contributed by atoms with Gasteiger partial charge in [-0.15, -0.1) is 6.42 Å². The Balaban J connectivity index is 2.86. The molecule has 14 heavy (non-hydrogen) atoms. The minimum atomic E-state index is -3.22. The number of terminal acetylenes is 1. The Hall–Kier alpha value is -1.54. The number of nitrogens with one attached hydrogen (secondary N) is 1. The van der Waals surface area contributed by atoms with Crippen molar-refractivity contribution in [3.8, 4) is 12.3 Å². The van der Waals surface area contributed by atoms with E-state index in [9.17, 15) is 8.42 Å². The molecule has 0 unspecified atom stereocenters. The molecule has 0 aliphatic heterocycles. The lowest BCUT2D eigenvalue weighted by Gasteiger charge is -2.02. The van der Waals surface area contributed by atoms with E-state index in [2.05, 4.69) is 16.2 Å². The molecule has 0 fully saturated rings. The molecule has 0 amide bonds. The largest absolute Gasteiger partial charge is 0.373 e. The lowest BCUT2D eigenvalue weighted by molar-refractivity contribution is 0.598. The molecule has 1 heterocycles. The predicted molar refractivity (Wildman–Crippen MR) is 54.7 cm³/mol. The van der Waals surface area contributed by atoms with Crippen molar-refractivity contribution in [1.29, 1.82) is 0 Å². The van der Waals surface area contributed by atoms with E-state index < -0.39 is 9.84 Å². The number of aromatic nitrogens is 1. The third-order valence-electron chi connectivity index (χ3n) is 1.51. The van der Waals surface area contributed by atoms with Crippen molar-refractivity contribution in [3.63, 3.8) is 0 Å². The quantitative estimate of drug-likeness (QED) is 0.739. The summed E-state index contributed by atoms with van der Waals surface area (Å²) in [5, 5.41) is 2.94. The van der Waals surface area contributed by atoms with Crippen molar-refractivity contribution in [2.45, 2.75) is 5.03 Å². The van der Waals surface area contributed by atoms with Crippen LogP contribution in [0.1, 0.15) is 0 Å². The van der Waals surface area contributed by atoms with Gasteiger partial charge in [-0.2, -0.15) is 0 Å². The summed E-state index contributed by atoms with van der Waals surface area (Å²) in [5.74, 6) is 2.40. The molecule has 0 saturated carbocycles. The summed E-state index contributed by atoms with van der Waals surface area (Å²) in [6, 6.07) is 3.06. The second-order valence-corrected chi connectivity index (χ2v) is 4.68. The Labute approximate surface area is 83.3 Å². The molecule has 5 heteroatoms. The summed E-state index contributed by atoms with van der Waals surface area (Å²) in [5.41, 5.74) is 0.704. The van der Waals surface area contributed by atoms with Crippen molar-refractivity contribution >= 4 is 15.5 Å². The lowest BCUT2D eigenvalue weighted by atomic mass is 10.4. The van der Waals surface area contributed by atoms with Crippen LogP contribution in [-0.4, -0.2) is 26.2 Å². The monoisotopic (exact) mass is 210 g/mol. The van der Waals surface area contributed by atoms with Gasteiger partial charge < -0.3 is 5.32 Å². The van der Waals surface area contributed by atoms with Crippen LogP contribution in [0.3, 0.4) is 0 Å². The Morgan fingerprint density at radius 3 is 2.71 bits per heavy atom. The fourth-order valence-electron chi connectivity index (χ4n) is 0.857. The van der Waals surface area contributed by atoms with E-state index in [4.69, 9.17) is 6.42 Å². The standard InChI is InChI=1S/C9H10N2O2S/c1-3-6-10-8-4-5-9(11-7-8)14(2,12)13/h1,4-5,7,10H,6H2,2H3. The lowest BCUT2D eigenvalue weighted by Crippen LogP contribution is -2.02. The van der Waals surface area contributed by atoms with Crippen LogP contribution in [0, 0.1) is 12.3 Å². The molecule has 0 aliphatic carbocycles. The fraction of sp³-hybridized carbons (Fsp3) is 0.222. The van der Waals surface area contributed by atoms with Crippen molar-refractivity contribution in [2.75, 3.05) is 18.1 Å². The van der Waals surface area contributed by atoms with Gasteiger partial charge >= 0.3 is 0 Å². The SMILES string of the molecule is C#CCNc1ccc(S(C)(=O)=O)nc1. The number of nitrogens with zero attached hydrogens (tertiary/aromatic N) is 1. The Bertz CT molecular complexity index is 443. The van der Waals surface area contributed by atoms with Crippen molar-refractivity contribution in [2.24, 2.45) is 0 Å². The second-order valence-electron chi connectivity index (χ2n) is 2.71. The molecular weight excluding hydrogens is 200 g/mol. The molecule has 1 aromatic heterocycles. The zero-order valence-electron chi connectivity index (χ0n) is 7.69. The van der Waals surface area contributed by atoms with Crippen LogP contribution in [0.5, 0.6) is 0 Å². The Morgan fingerprint density at radius 1 is 1.57 bits per heavy atom. The van der Waals surface area contributed by atoms with Crippen LogP contribution in [0.2, 0.25) is 0 Å². The average Bonchev–Trinajstić information content (AvgIpc) is 2.14. The van der Waals surface area contributed by atoms with Gasteiger partial charge in [-0.3, -0.25) is 0 Å². The molecule has 0 aliphatic rings. The van der Waals surface area contributed by atoms with Gasteiger partial charge in [-0.05, 0) is 12.1 Å². The number of rotatable bonds is 3. The number of sulfone groups is 1. The third kappa shape index (κ3) is 2.75. The van der Waals surface area contributed by atoms with Crippen molar-refractivity contribution in [1.82, 2.24) is 4.98 Å². The highest BCUT2D eigenvalue weighted by molar-refractivity contribution is 7.90. The highest BCUT2D eigenvalue weighted by atomic mass is 32.2. The molecule has 0 bridgehead atoms. The van der Waals surface area contributed by atoms with Gasteiger partial charge in [0.25, 0.3) is 0 Å². The molecule has 1 rings (SSSR count). The van der Waals surface area contributed by atoms with Gasteiger partial charge in [0, 0.05) is 6.26 Å². The molecule has 0 saturated heterocycles. The number of hydrogen-bond acceptors (Lipinski definition) is 4. The summed E-state index contributed by atoms with van der Waals surface area (Å²) >= 11 is 0. The van der Waals surface area contributed by atoms with E-state index in [0.717, 1.165) is 6.26 Å². The number of hydrogen-bond donors (Lipinski definition) is 1. The van der Waals surface area contributed by atoms with Crippen LogP contribution in [0.4, 0.5) is 5.69 Å². The Kier molecular flexibility index (Phi) is 3.10. The van der Waals surface area contributed by atoms with Crippen LogP contribution >= 0.6 is 0 Å². The summed E-state index contributed by atoms with van der Waals surface area (Å²) in [6.07, 6.45) is 7.60. The first-order valence-corrected chi connectivity index (χ1v) is 5.76. The zero-order chi connectivity index (χ0) is 10.6. The first-order valence-electron chi connectivity index (χ1n) is 3.87. The average molecular weight is 210 g/mol. The molecule has 1 aromatic rings. The van der Waals surface area contributed by atoms with Gasteiger partial charge in [-0.25, -0.2) is 13.4 Å². The maximum atomic E-state index is 11.0. The minimum Gasteiger partial charge on any atom is -0.373 e.